The average molecular weight is 268 g/mol. The van der Waals surface area contributed by atoms with Crippen molar-refractivity contribution in [2.45, 2.75) is 13.3 Å². The van der Waals surface area contributed by atoms with E-state index in [1.54, 1.807) is 19.2 Å². The van der Waals surface area contributed by atoms with E-state index >= 15 is 0 Å². The van der Waals surface area contributed by atoms with E-state index in [-0.39, 0.29) is 5.75 Å². The molecule has 100 valence electrons. The Kier molecular flexibility index (Phi) is 3.33. The van der Waals surface area contributed by atoms with E-state index in [1.807, 2.05) is 0 Å². The summed E-state index contributed by atoms with van der Waals surface area (Å²) in [6.45, 7) is 1.78. The molecule has 0 fully saturated rings. The SMILES string of the molecule is Cc1ncc(-c2ccc(OC(F)(F)F)cc2)cc1N. The maximum atomic E-state index is 12.0. The van der Waals surface area contributed by atoms with Gasteiger partial charge in [0.05, 0.1) is 11.4 Å². The molecule has 0 saturated heterocycles. The average Bonchev–Trinajstić information content (AvgIpc) is 2.32. The van der Waals surface area contributed by atoms with E-state index in [9.17, 15) is 13.2 Å². The van der Waals surface area contributed by atoms with Gasteiger partial charge >= 0.3 is 6.36 Å². The molecule has 2 rings (SSSR count). The van der Waals surface area contributed by atoms with Crippen molar-refractivity contribution >= 4 is 5.69 Å². The van der Waals surface area contributed by atoms with Gasteiger partial charge in [0.2, 0.25) is 0 Å². The van der Waals surface area contributed by atoms with Crippen LogP contribution in [0.5, 0.6) is 5.75 Å². The molecule has 0 aliphatic rings. The predicted octanol–water partition coefficient (Wildman–Crippen LogP) is 3.54. The summed E-state index contributed by atoms with van der Waals surface area (Å²) in [4.78, 5) is 4.10. The molecule has 0 atom stereocenters. The van der Waals surface area contributed by atoms with Crippen LogP contribution in [0.15, 0.2) is 36.5 Å². The maximum absolute atomic E-state index is 12.0. The Morgan fingerprint density at radius 1 is 1.11 bits per heavy atom. The van der Waals surface area contributed by atoms with E-state index < -0.39 is 6.36 Å². The molecule has 0 aliphatic carbocycles. The van der Waals surface area contributed by atoms with Crippen molar-refractivity contribution in [3.8, 4) is 16.9 Å². The van der Waals surface area contributed by atoms with E-state index in [0.717, 1.165) is 5.56 Å². The Hall–Kier alpha value is -2.24. The van der Waals surface area contributed by atoms with Gasteiger partial charge in [0.25, 0.3) is 0 Å². The summed E-state index contributed by atoms with van der Waals surface area (Å²) in [5.74, 6) is -0.260. The minimum absolute atomic E-state index is 0.260. The summed E-state index contributed by atoms with van der Waals surface area (Å²) in [5.41, 5.74) is 8.43. The number of halogens is 3. The zero-order valence-electron chi connectivity index (χ0n) is 10.0. The number of pyridine rings is 1. The lowest BCUT2D eigenvalue weighted by Gasteiger charge is -2.09. The molecule has 6 heteroatoms. The lowest BCUT2D eigenvalue weighted by molar-refractivity contribution is -0.274. The van der Waals surface area contributed by atoms with Gasteiger partial charge in [0.15, 0.2) is 0 Å². The topological polar surface area (TPSA) is 48.1 Å². The number of benzene rings is 1. The highest BCUT2D eigenvalue weighted by Gasteiger charge is 2.30. The second-order valence-electron chi connectivity index (χ2n) is 3.97. The molecule has 1 aromatic heterocycles. The van der Waals surface area contributed by atoms with Crippen LogP contribution < -0.4 is 10.5 Å². The van der Waals surface area contributed by atoms with Gasteiger partial charge < -0.3 is 10.5 Å². The molecule has 0 spiro atoms. The minimum Gasteiger partial charge on any atom is -0.406 e. The van der Waals surface area contributed by atoms with Gasteiger partial charge in [-0.05, 0) is 30.7 Å². The van der Waals surface area contributed by atoms with Crippen molar-refractivity contribution in [1.29, 1.82) is 0 Å². The fourth-order valence-corrected chi connectivity index (χ4v) is 1.56. The molecule has 0 amide bonds. The van der Waals surface area contributed by atoms with Gasteiger partial charge in [-0.2, -0.15) is 0 Å². The summed E-state index contributed by atoms with van der Waals surface area (Å²) in [6.07, 6.45) is -3.07. The van der Waals surface area contributed by atoms with Crippen LogP contribution in [-0.2, 0) is 0 Å². The van der Waals surface area contributed by atoms with E-state index in [2.05, 4.69) is 9.72 Å². The number of alkyl halides is 3. The molecule has 0 unspecified atom stereocenters. The number of anilines is 1. The lowest BCUT2D eigenvalue weighted by Crippen LogP contribution is -2.16. The molecule has 0 saturated carbocycles. The van der Waals surface area contributed by atoms with E-state index in [4.69, 9.17) is 5.73 Å². The fraction of sp³-hybridized carbons (Fsp3) is 0.154. The summed E-state index contributed by atoms with van der Waals surface area (Å²) in [7, 11) is 0. The van der Waals surface area contributed by atoms with Gasteiger partial charge in [0.1, 0.15) is 5.75 Å². The number of ether oxygens (including phenoxy) is 1. The van der Waals surface area contributed by atoms with Crippen LogP contribution in [0.2, 0.25) is 0 Å². The highest BCUT2D eigenvalue weighted by atomic mass is 19.4. The molecule has 3 nitrogen and oxygen atoms in total. The number of hydrogen-bond acceptors (Lipinski definition) is 3. The number of aryl methyl sites for hydroxylation is 1. The van der Waals surface area contributed by atoms with Crippen molar-refractivity contribution in [3.63, 3.8) is 0 Å². The van der Waals surface area contributed by atoms with Crippen LogP contribution >= 0.6 is 0 Å². The highest BCUT2D eigenvalue weighted by Crippen LogP contribution is 2.27. The molecular weight excluding hydrogens is 257 g/mol. The van der Waals surface area contributed by atoms with Crippen LogP contribution in [0, 0.1) is 6.92 Å². The third-order valence-electron chi connectivity index (χ3n) is 2.55. The summed E-state index contributed by atoms with van der Waals surface area (Å²) in [5, 5.41) is 0. The van der Waals surface area contributed by atoms with Crippen LogP contribution in [-0.4, -0.2) is 11.3 Å². The molecular formula is C13H11F3N2O. The van der Waals surface area contributed by atoms with E-state index in [0.29, 0.717) is 16.9 Å². The second-order valence-corrected chi connectivity index (χ2v) is 3.97. The number of hydrogen-bond donors (Lipinski definition) is 1. The third kappa shape index (κ3) is 3.37. The quantitative estimate of drug-likeness (QED) is 0.906. The molecule has 1 aromatic carbocycles. The Morgan fingerprint density at radius 2 is 1.74 bits per heavy atom. The standard InChI is InChI=1S/C13H11F3N2O/c1-8-12(17)6-10(7-18-8)9-2-4-11(5-3-9)19-13(14,15)16/h2-7H,17H2,1H3. The van der Waals surface area contributed by atoms with Crippen molar-refractivity contribution in [3.05, 3.63) is 42.2 Å². The van der Waals surface area contributed by atoms with Gasteiger partial charge in [-0.15, -0.1) is 13.2 Å². The Bertz CT molecular complexity index is 579. The molecule has 0 radical (unpaired) electrons. The molecule has 2 aromatic rings. The van der Waals surface area contributed by atoms with Crippen LogP contribution in [0.4, 0.5) is 18.9 Å². The van der Waals surface area contributed by atoms with Gasteiger partial charge in [-0.3, -0.25) is 4.98 Å². The number of rotatable bonds is 2. The number of aromatic nitrogens is 1. The van der Waals surface area contributed by atoms with Crippen molar-refractivity contribution in [2.75, 3.05) is 5.73 Å². The first-order chi connectivity index (χ1) is 8.85. The maximum Gasteiger partial charge on any atom is 0.573 e. The summed E-state index contributed by atoms with van der Waals surface area (Å²) >= 11 is 0. The largest absolute Gasteiger partial charge is 0.573 e. The molecule has 19 heavy (non-hydrogen) atoms. The molecule has 0 bridgehead atoms. The van der Waals surface area contributed by atoms with Crippen LogP contribution in [0.25, 0.3) is 11.1 Å². The highest BCUT2D eigenvalue weighted by molar-refractivity contribution is 5.67. The van der Waals surface area contributed by atoms with E-state index in [1.165, 1.54) is 24.3 Å². The van der Waals surface area contributed by atoms with Crippen molar-refractivity contribution in [2.24, 2.45) is 0 Å². The molecule has 0 aliphatic heterocycles. The van der Waals surface area contributed by atoms with Gasteiger partial charge in [-0.1, -0.05) is 12.1 Å². The zero-order valence-corrected chi connectivity index (χ0v) is 10.0. The molecule has 1 heterocycles. The Labute approximate surface area is 107 Å². The third-order valence-corrected chi connectivity index (χ3v) is 2.55. The molecule has 2 N–H and O–H groups in total. The van der Waals surface area contributed by atoms with Gasteiger partial charge in [-0.25, -0.2) is 0 Å². The monoisotopic (exact) mass is 268 g/mol. The normalized spacial score (nSPS) is 11.4. The number of nitrogens with zero attached hydrogens (tertiary/aromatic N) is 1. The Morgan fingerprint density at radius 3 is 2.26 bits per heavy atom. The lowest BCUT2D eigenvalue weighted by atomic mass is 10.1. The first kappa shape index (κ1) is 13.2. The summed E-state index contributed by atoms with van der Waals surface area (Å²) in [6, 6.07) is 7.26. The predicted molar refractivity (Wildman–Crippen MR) is 65.5 cm³/mol. The second kappa shape index (κ2) is 4.79. The summed E-state index contributed by atoms with van der Waals surface area (Å²) < 4.78 is 39.8. The van der Waals surface area contributed by atoms with Crippen LogP contribution in [0.1, 0.15) is 5.69 Å². The number of nitrogens with two attached hydrogens (primary N) is 1. The number of nitrogen functional groups attached to an aromatic ring is 1. The van der Waals surface area contributed by atoms with Gasteiger partial charge in [0, 0.05) is 11.8 Å². The first-order valence-electron chi connectivity index (χ1n) is 5.43. The van der Waals surface area contributed by atoms with Crippen molar-refractivity contribution < 1.29 is 17.9 Å². The smallest absolute Gasteiger partial charge is 0.406 e. The fourth-order valence-electron chi connectivity index (χ4n) is 1.56. The first-order valence-corrected chi connectivity index (χ1v) is 5.43. The minimum atomic E-state index is -4.68. The van der Waals surface area contributed by atoms with Crippen LogP contribution in [0.3, 0.4) is 0 Å². The van der Waals surface area contributed by atoms with Crippen molar-refractivity contribution in [1.82, 2.24) is 4.98 Å². The Balaban J connectivity index is 2.25. The zero-order chi connectivity index (χ0) is 14.0.